The van der Waals surface area contributed by atoms with Crippen molar-refractivity contribution < 1.29 is 33.6 Å². The third-order valence-electron chi connectivity index (χ3n) is 7.23. The molecular weight excluding hydrogens is 524 g/mol. The van der Waals surface area contributed by atoms with E-state index < -0.39 is 11.6 Å². The summed E-state index contributed by atoms with van der Waals surface area (Å²) >= 11 is 0. The molecule has 2 N–H and O–H groups in total. The number of fused-ring (bicyclic) bond motifs is 3. The van der Waals surface area contributed by atoms with Gasteiger partial charge in [-0.2, -0.15) is 0 Å². The van der Waals surface area contributed by atoms with Gasteiger partial charge in [-0.25, -0.2) is 0 Å². The fourth-order valence-electron chi connectivity index (χ4n) is 5.12. The van der Waals surface area contributed by atoms with Gasteiger partial charge in [0.15, 0.2) is 11.5 Å². The third-order valence-corrected chi connectivity index (χ3v) is 7.23. The molecule has 0 spiro atoms. The van der Waals surface area contributed by atoms with Gasteiger partial charge in [-0.15, -0.1) is 0 Å². The number of rotatable bonds is 13. The highest BCUT2D eigenvalue weighted by Crippen LogP contribution is 2.43. The largest absolute Gasteiger partial charge is 0.506 e. The van der Waals surface area contributed by atoms with Gasteiger partial charge in [-0.3, -0.25) is 9.59 Å². The number of aliphatic carboxylic acids is 1. The number of benzene rings is 2. The summed E-state index contributed by atoms with van der Waals surface area (Å²) in [4.78, 5) is 24.6. The Hall–Kier alpha value is -3.94. The summed E-state index contributed by atoms with van der Waals surface area (Å²) in [6, 6.07) is 3.35. The molecule has 1 aromatic heterocycles. The Balaban J connectivity index is 1.69. The first-order valence-corrected chi connectivity index (χ1v) is 14.2. The molecule has 0 bridgehead atoms. The average molecular weight is 565 g/mol. The van der Waals surface area contributed by atoms with E-state index in [1.54, 1.807) is 25.3 Å². The van der Waals surface area contributed by atoms with Crippen LogP contribution in [0.4, 0.5) is 0 Å². The van der Waals surface area contributed by atoms with Crippen molar-refractivity contribution in [3.05, 3.63) is 51.2 Å². The molecule has 8 nitrogen and oxygen atoms in total. The summed E-state index contributed by atoms with van der Waals surface area (Å²) in [5.74, 6) is 0.487. The molecule has 0 amide bonds. The zero-order valence-electron chi connectivity index (χ0n) is 24.6. The highest BCUT2D eigenvalue weighted by Gasteiger charge is 2.28. The van der Waals surface area contributed by atoms with Crippen molar-refractivity contribution >= 4 is 34.0 Å². The van der Waals surface area contributed by atoms with Crippen LogP contribution in [0.1, 0.15) is 83.8 Å². The Kier molecular flexibility index (Phi) is 9.31. The molecule has 4 rings (SSSR count). The monoisotopic (exact) mass is 564 g/mol. The number of phenolic OH excluding ortho intramolecular Hbond substituents is 1. The smallest absolute Gasteiger partial charge is 0.303 e. The Labute approximate surface area is 240 Å². The predicted molar refractivity (Wildman–Crippen MR) is 161 cm³/mol. The van der Waals surface area contributed by atoms with Gasteiger partial charge in [0.05, 0.1) is 24.7 Å². The molecular formula is C33H40O8. The van der Waals surface area contributed by atoms with Crippen LogP contribution >= 0.6 is 0 Å². The minimum Gasteiger partial charge on any atom is -0.506 e. The summed E-state index contributed by atoms with van der Waals surface area (Å²) in [6.45, 7) is 8.26. The maximum atomic E-state index is 14.0. The van der Waals surface area contributed by atoms with Crippen LogP contribution in [0.5, 0.6) is 23.0 Å². The first-order valence-electron chi connectivity index (χ1n) is 14.2. The molecule has 8 heteroatoms. The van der Waals surface area contributed by atoms with E-state index in [1.165, 1.54) is 0 Å². The molecule has 0 saturated carbocycles. The van der Waals surface area contributed by atoms with Gasteiger partial charge >= 0.3 is 5.97 Å². The third kappa shape index (κ3) is 6.87. The number of phenols is 1. The van der Waals surface area contributed by atoms with E-state index in [0.717, 1.165) is 37.7 Å². The fourth-order valence-corrected chi connectivity index (χ4v) is 5.12. The zero-order chi connectivity index (χ0) is 29.7. The van der Waals surface area contributed by atoms with Crippen LogP contribution in [0, 0.1) is 0 Å². The van der Waals surface area contributed by atoms with Gasteiger partial charge in [0.2, 0.25) is 5.43 Å². The van der Waals surface area contributed by atoms with Gasteiger partial charge < -0.3 is 28.8 Å². The van der Waals surface area contributed by atoms with Crippen LogP contribution in [-0.4, -0.2) is 35.5 Å². The number of hydrogen-bond donors (Lipinski definition) is 2. The van der Waals surface area contributed by atoms with Gasteiger partial charge in [0, 0.05) is 24.1 Å². The number of unbranched alkanes of at least 4 members (excludes halogenated alkanes) is 5. The number of carboxylic acids is 1. The summed E-state index contributed by atoms with van der Waals surface area (Å²) in [7, 11) is 1.55. The second-order valence-corrected chi connectivity index (χ2v) is 11.3. The number of allylic oxidation sites excluding steroid dienone is 2. The number of hydrogen-bond acceptors (Lipinski definition) is 7. The quantitative estimate of drug-likeness (QED) is 0.124. The molecule has 0 saturated heterocycles. The molecule has 41 heavy (non-hydrogen) atoms. The Morgan fingerprint density at radius 1 is 1.02 bits per heavy atom. The first kappa shape index (κ1) is 30.0. The lowest BCUT2D eigenvalue weighted by molar-refractivity contribution is -0.137. The van der Waals surface area contributed by atoms with E-state index in [9.17, 15) is 14.7 Å². The van der Waals surface area contributed by atoms with Crippen LogP contribution in [-0.2, 0) is 11.2 Å². The molecule has 0 aliphatic carbocycles. The summed E-state index contributed by atoms with van der Waals surface area (Å²) in [5.41, 5.74) is 1.85. The highest BCUT2D eigenvalue weighted by atomic mass is 16.5. The molecule has 1 aliphatic heterocycles. The van der Waals surface area contributed by atoms with Gasteiger partial charge in [0.1, 0.15) is 33.7 Å². The maximum absolute atomic E-state index is 14.0. The molecule has 1 aliphatic rings. The zero-order valence-corrected chi connectivity index (χ0v) is 24.6. The number of aromatic hydroxyl groups is 1. The van der Waals surface area contributed by atoms with Crippen LogP contribution in [0.15, 0.2) is 39.1 Å². The average Bonchev–Trinajstić information content (AvgIpc) is 2.89. The van der Waals surface area contributed by atoms with Crippen molar-refractivity contribution in [3.63, 3.8) is 0 Å². The fraction of sp³-hybridized carbons (Fsp3) is 0.455. The van der Waals surface area contributed by atoms with Crippen LogP contribution < -0.4 is 19.6 Å². The van der Waals surface area contributed by atoms with Crippen molar-refractivity contribution in [1.82, 2.24) is 0 Å². The Bertz CT molecular complexity index is 1550. The molecule has 0 unspecified atom stereocenters. The summed E-state index contributed by atoms with van der Waals surface area (Å²) in [5, 5.41) is 20.4. The van der Waals surface area contributed by atoms with E-state index >= 15 is 0 Å². The molecule has 2 heterocycles. The topological polar surface area (TPSA) is 115 Å². The molecule has 2 aromatic carbocycles. The molecule has 0 radical (unpaired) electrons. The lowest BCUT2D eigenvalue weighted by Gasteiger charge is -2.28. The van der Waals surface area contributed by atoms with Crippen LogP contribution in [0.2, 0.25) is 0 Å². The lowest BCUT2D eigenvalue weighted by Crippen LogP contribution is -2.27. The van der Waals surface area contributed by atoms with E-state index in [2.05, 4.69) is 0 Å². The normalized spacial score (nSPS) is 13.6. The molecule has 3 aromatic rings. The second-order valence-electron chi connectivity index (χ2n) is 11.3. The van der Waals surface area contributed by atoms with E-state index in [-0.39, 0.29) is 28.6 Å². The Morgan fingerprint density at radius 2 is 1.71 bits per heavy atom. The maximum Gasteiger partial charge on any atom is 0.303 e. The van der Waals surface area contributed by atoms with Gasteiger partial charge in [0.25, 0.3) is 0 Å². The van der Waals surface area contributed by atoms with Crippen LogP contribution in [0.3, 0.4) is 0 Å². The van der Waals surface area contributed by atoms with E-state index in [1.807, 2.05) is 39.8 Å². The van der Waals surface area contributed by atoms with Crippen LogP contribution in [0.25, 0.3) is 28.0 Å². The SMILES string of the molecule is COc1c(OCCCCCCCCC(=O)O)cc2oc3cc4c(c(O)c3c(=O)c2c1CC=C(C)C)C=CC(C)(C)O4. The standard InChI is InChI=1S/C33H40O8/c1-20(2)13-14-22-28-24(19-26(32(22)38-5)39-17-11-9-7-6-8-10-12-27(34)35)40-25-18-23-21(15-16-33(3,4)41-23)30(36)29(25)31(28)37/h13,15-16,18-19,36H,6-12,14,17H2,1-5H3,(H,34,35). The van der Waals surface area contributed by atoms with Gasteiger partial charge in [-0.1, -0.05) is 37.3 Å². The second kappa shape index (κ2) is 12.7. The number of carboxylic acid groups (broad SMARTS) is 1. The summed E-state index contributed by atoms with van der Waals surface area (Å²) in [6.07, 6.45) is 11.7. The number of ether oxygens (including phenoxy) is 3. The number of methoxy groups -OCH3 is 1. The van der Waals surface area contributed by atoms with Crippen molar-refractivity contribution in [2.45, 2.75) is 84.7 Å². The molecule has 0 atom stereocenters. The molecule has 0 fully saturated rings. The van der Waals surface area contributed by atoms with Crippen molar-refractivity contribution in [3.8, 4) is 23.0 Å². The minimum absolute atomic E-state index is 0.0988. The van der Waals surface area contributed by atoms with Crippen molar-refractivity contribution in [2.24, 2.45) is 0 Å². The highest BCUT2D eigenvalue weighted by molar-refractivity contribution is 5.99. The van der Waals surface area contributed by atoms with Crippen molar-refractivity contribution in [1.29, 1.82) is 0 Å². The summed E-state index contributed by atoms with van der Waals surface area (Å²) < 4.78 is 24.3. The number of carbonyl (C=O) groups is 1. The first-order chi connectivity index (χ1) is 19.5. The minimum atomic E-state index is -0.749. The van der Waals surface area contributed by atoms with Gasteiger partial charge in [-0.05, 0) is 59.1 Å². The van der Waals surface area contributed by atoms with Crippen molar-refractivity contribution in [2.75, 3.05) is 13.7 Å². The van der Waals surface area contributed by atoms with E-state index in [4.69, 9.17) is 23.7 Å². The lowest BCUT2D eigenvalue weighted by atomic mass is 9.97. The molecule has 220 valence electrons. The van der Waals surface area contributed by atoms with E-state index in [0.29, 0.717) is 58.8 Å². The Morgan fingerprint density at radius 3 is 2.39 bits per heavy atom. The predicted octanol–water partition coefficient (Wildman–Crippen LogP) is 7.55.